The van der Waals surface area contributed by atoms with E-state index in [4.69, 9.17) is 0 Å². The number of hydrogen-bond acceptors (Lipinski definition) is 4. The standard InChI is InChI=1S/C28H38F2N4O/c1-7-8-9-16-34(6)27(35)26-15-14-25(17-19(26)2)32-22(5)21(4)31-18-20(3)23-10-12-24(13-11-23)33-28(29)30/h10-12,14-15,17-18,24,28,32-33H,5,7-9,13,16H2,1-4,6H3/b20-18+,31-21?. The van der Waals surface area contributed by atoms with E-state index in [-0.39, 0.29) is 11.9 Å². The van der Waals surface area contributed by atoms with E-state index in [1.165, 1.54) is 0 Å². The zero-order chi connectivity index (χ0) is 26.0. The van der Waals surface area contributed by atoms with Crippen molar-refractivity contribution in [3.63, 3.8) is 0 Å². The molecule has 2 rings (SSSR count). The Labute approximate surface area is 208 Å². The Hall–Kier alpha value is -3.06. The summed E-state index contributed by atoms with van der Waals surface area (Å²) in [7, 11) is 1.85. The molecule has 1 aromatic carbocycles. The minimum Gasteiger partial charge on any atom is -0.355 e. The van der Waals surface area contributed by atoms with Crippen molar-refractivity contribution < 1.29 is 13.6 Å². The molecule has 1 atom stereocenters. The lowest BCUT2D eigenvalue weighted by Crippen LogP contribution is -2.32. The first-order valence-corrected chi connectivity index (χ1v) is 12.1. The van der Waals surface area contributed by atoms with Gasteiger partial charge in [0.1, 0.15) is 0 Å². The Morgan fingerprint density at radius 2 is 2.06 bits per heavy atom. The summed E-state index contributed by atoms with van der Waals surface area (Å²) in [6.45, 7) is 10.2. The van der Waals surface area contributed by atoms with E-state index >= 15 is 0 Å². The first kappa shape index (κ1) is 28.2. The highest BCUT2D eigenvalue weighted by atomic mass is 19.3. The van der Waals surface area contributed by atoms with Gasteiger partial charge in [0.2, 0.25) is 0 Å². The topological polar surface area (TPSA) is 56.7 Å². The summed E-state index contributed by atoms with van der Waals surface area (Å²) in [5.41, 5.74) is 5.70. The molecule has 5 nitrogen and oxygen atoms in total. The van der Waals surface area contributed by atoms with E-state index < -0.39 is 6.55 Å². The summed E-state index contributed by atoms with van der Waals surface area (Å²) in [6, 6.07) is 5.31. The number of benzene rings is 1. The van der Waals surface area contributed by atoms with Gasteiger partial charge >= 0.3 is 0 Å². The molecule has 0 saturated heterocycles. The third kappa shape index (κ3) is 8.91. The average molecular weight is 485 g/mol. The maximum Gasteiger partial charge on any atom is 0.292 e. The van der Waals surface area contributed by atoms with Crippen LogP contribution >= 0.6 is 0 Å². The molecule has 7 heteroatoms. The van der Waals surface area contributed by atoms with Crippen LogP contribution in [0, 0.1) is 6.92 Å². The summed E-state index contributed by atoms with van der Waals surface area (Å²) in [4.78, 5) is 19.1. The van der Waals surface area contributed by atoms with Crippen LogP contribution in [0.15, 0.2) is 71.0 Å². The quantitative estimate of drug-likeness (QED) is 0.199. The molecule has 0 radical (unpaired) electrons. The van der Waals surface area contributed by atoms with Crippen molar-refractivity contribution >= 4 is 17.3 Å². The smallest absolute Gasteiger partial charge is 0.292 e. The lowest BCUT2D eigenvalue weighted by atomic mass is 9.98. The lowest BCUT2D eigenvalue weighted by molar-refractivity contribution is 0.0792. The molecule has 0 fully saturated rings. The number of halogens is 2. The van der Waals surface area contributed by atoms with Crippen molar-refractivity contribution in [3.05, 3.63) is 77.2 Å². The molecule has 1 aliphatic carbocycles. The Bertz CT molecular complexity index is 1020. The molecule has 0 heterocycles. The van der Waals surface area contributed by atoms with Gasteiger partial charge in [0, 0.05) is 37.1 Å². The van der Waals surface area contributed by atoms with Crippen LogP contribution in [0.3, 0.4) is 0 Å². The molecule has 1 unspecified atom stereocenters. The fraction of sp³-hybridized carbons (Fsp3) is 0.429. The van der Waals surface area contributed by atoms with Gasteiger partial charge in [-0.2, -0.15) is 8.78 Å². The van der Waals surface area contributed by atoms with E-state index in [0.717, 1.165) is 53.9 Å². The SMILES string of the molecule is C=C(Nc1ccc(C(=O)N(C)CCCCC)c(C)c1)C(C)=N/C=C(\C)C1=CCC(NC(F)F)C=C1. The normalized spacial score (nSPS) is 16.3. The number of amides is 1. The second kappa shape index (κ2) is 13.7. The van der Waals surface area contributed by atoms with Gasteiger partial charge in [-0.25, -0.2) is 0 Å². The van der Waals surface area contributed by atoms with Gasteiger partial charge in [-0.15, -0.1) is 0 Å². The van der Waals surface area contributed by atoms with Gasteiger partial charge in [0.25, 0.3) is 12.5 Å². The first-order valence-electron chi connectivity index (χ1n) is 12.1. The molecular formula is C28H38F2N4O. The van der Waals surface area contributed by atoms with Gasteiger partial charge in [-0.05, 0) is 68.5 Å². The largest absolute Gasteiger partial charge is 0.355 e. The average Bonchev–Trinajstić information content (AvgIpc) is 2.82. The van der Waals surface area contributed by atoms with Crippen molar-refractivity contribution in [2.75, 3.05) is 18.9 Å². The van der Waals surface area contributed by atoms with Crippen LogP contribution in [-0.2, 0) is 0 Å². The predicted octanol–water partition coefficient (Wildman–Crippen LogP) is 6.61. The molecule has 1 aromatic rings. The molecule has 0 aliphatic heterocycles. The second-order valence-electron chi connectivity index (χ2n) is 8.92. The number of aryl methyl sites for hydroxylation is 1. The molecule has 35 heavy (non-hydrogen) atoms. The number of alkyl halides is 2. The van der Waals surface area contributed by atoms with E-state index in [1.807, 2.05) is 58.2 Å². The fourth-order valence-corrected chi connectivity index (χ4v) is 3.70. The number of hydrogen-bond donors (Lipinski definition) is 2. The van der Waals surface area contributed by atoms with Gasteiger partial charge < -0.3 is 10.2 Å². The first-order chi connectivity index (χ1) is 16.6. The number of rotatable bonds is 12. The Kier molecular flexibility index (Phi) is 11.1. The number of unbranched alkanes of at least 4 members (excludes halogenated alkanes) is 2. The number of carbonyl (C=O) groups excluding carboxylic acids is 1. The number of nitrogens with one attached hydrogen (secondary N) is 2. The molecule has 1 amide bonds. The minimum atomic E-state index is -2.53. The van der Waals surface area contributed by atoms with Crippen LogP contribution in [0.25, 0.3) is 0 Å². The fourth-order valence-electron chi connectivity index (χ4n) is 3.70. The monoisotopic (exact) mass is 484 g/mol. The maximum absolute atomic E-state index is 12.8. The van der Waals surface area contributed by atoms with Gasteiger partial charge in [0.05, 0.1) is 11.4 Å². The third-order valence-electron chi connectivity index (χ3n) is 5.98. The highest BCUT2D eigenvalue weighted by Gasteiger charge is 2.15. The van der Waals surface area contributed by atoms with Gasteiger partial charge in [-0.3, -0.25) is 15.1 Å². The molecule has 0 saturated carbocycles. The lowest BCUT2D eigenvalue weighted by Gasteiger charge is -2.19. The van der Waals surface area contributed by atoms with Crippen LogP contribution in [0.2, 0.25) is 0 Å². The van der Waals surface area contributed by atoms with Crippen LogP contribution in [0.5, 0.6) is 0 Å². The number of nitrogens with zero attached hydrogens (tertiary/aromatic N) is 2. The summed E-state index contributed by atoms with van der Waals surface area (Å²) in [6.07, 6.45) is 11.0. The summed E-state index contributed by atoms with van der Waals surface area (Å²) in [5, 5.41) is 5.47. The van der Waals surface area contributed by atoms with E-state index in [0.29, 0.717) is 17.7 Å². The van der Waals surface area contributed by atoms with E-state index in [9.17, 15) is 13.6 Å². The molecular weight excluding hydrogens is 446 g/mol. The second-order valence-corrected chi connectivity index (χ2v) is 8.92. The number of anilines is 1. The van der Waals surface area contributed by atoms with Crippen molar-refractivity contribution in [2.24, 2.45) is 4.99 Å². The van der Waals surface area contributed by atoms with Crippen LogP contribution in [0.1, 0.15) is 62.4 Å². The van der Waals surface area contributed by atoms with E-state index in [1.54, 1.807) is 17.2 Å². The summed E-state index contributed by atoms with van der Waals surface area (Å²) >= 11 is 0. The molecule has 0 aromatic heterocycles. The highest BCUT2D eigenvalue weighted by molar-refractivity contribution is 6.01. The van der Waals surface area contributed by atoms with Gasteiger partial charge in [0.15, 0.2) is 0 Å². The Balaban J connectivity index is 1.98. The van der Waals surface area contributed by atoms with Gasteiger partial charge in [-0.1, -0.05) is 44.6 Å². The molecule has 1 aliphatic rings. The van der Waals surface area contributed by atoms with Crippen molar-refractivity contribution in [3.8, 4) is 0 Å². The third-order valence-corrected chi connectivity index (χ3v) is 5.98. The predicted molar refractivity (Wildman–Crippen MR) is 142 cm³/mol. The number of aliphatic imine (C=N–C) groups is 1. The Morgan fingerprint density at radius 1 is 1.31 bits per heavy atom. The van der Waals surface area contributed by atoms with Crippen LogP contribution in [0.4, 0.5) is 14.5 Å². The van der Waals surface area contributed by atoms with Crippen molar-refractivity contribution in [1.82, 2.24) is 10.2 Å². The molecule has 190 valence electrons. The summed E-state index contributed by atoms with van der Waals surface area (Å²) < 4.78 is 24.9. The van der Waals surface area contributed by atoms with Crippen LogP contribution < -0.4 is 10.6 Å². The zero-order valence-electron chi connectivity index (χ0n) is 21.5. The van der Waals surface area contributed by atoms with Crippen molar-refractivity contribution in [2.45, 2.75) is 66.0 Å². The minimum absolute atomic E-state index is 0.0321. The molecule has 2 N–H and O–H groups in total. The number of allylic oxidation sites excluding steroid dienone is 4. The zero-order valence-corrected chi connectivity index (χ0v) is 21.5. The van der Waals surface area contributed by atoms with Crippen LogP contribution in [-0.4, -0.2) is 42.7 Å². The number of carbonyl (C=O) groups is 1. The molecule has 0 spiro atoms. The van der Waals surface area contributed by atoms with E-state index in [2.05, 4.69) is 29.1 Å². The Morgan fingerprint density at radius 3 is 2.66 bits per heavy atom. The van der Waals surface area contributed by atoms with Crippen molar-refractivity contribution in [1.29, 1.82) is 0 Å². The maximum atomic E-state index is 12.8. The molecule has 0 bridgehead atoms. The highest BCUT2D eigenvalue weighted by Crippen LogP contribution is 2.20. The summed E-state index contributed by atoms with van der Waals surface area (Å²) in [5.74, 6) is 0.0321.